The molecule has 1 N–H and O–H groups in total. The molecule has 2 aromatic rings. The number of nitrogens with zero attached hydrogens (tertiary/aromatic N) is 3. The van der Waals surface area contributed by atoms with Crippen molar-refractivity contribution in [3.05, 3.63) is 27.2 Å². The number of ether oxygens (including phenoxy) is 1. The first kappa shape index (κ1) is 13.4. The Hall–Kier alpha value is -1.02. The number of aliphatic hydroxyl groups is 1. The molecular formula is C11H15N3O2S2. The highest BCUT2D eigenvalue weighted by molar-refractivity contribution is 7.15. The molecule has 0 fully saturated rings. The highest BCUT2D eigenvalue weighted by atomic mass is 32.1. The molecular weight excluding hydrogens is 270 g/mol. The highest BCUT2D eigenvalue weighted by Crippen LogP contribution is 2.27. The summed E-state index contributed by atoms with van der Waals surface area (Å²) in [6.45, 7) is 1.14. The van der Waals surface area contributed by atoms with E-state index in [0.29, 0.717) is 13.2 Å². The quantitative estimate of drug-likeness (QED) is 0.878. The molecule has 0 aliphatic heterocycles. The maximum Gasteiger partial charge on any atom is 0.186 e. The van der Waals surface area contributed by atoms with E-state index in [1.807, 2.05) is 22.8 Å². The molecule has 7 heteroatoms. The molecule has 0 saturated heterocycles. The van der Waals surface area contributed by atoms with E-state index in [1.165, 1.54) is 11.3 Å². The summed E-state index contributed by atoms with van der Waals surface area (Å²) in [5.74, 6) is 0. The van der Waals surface area contributed by atoms with Crippen LogP contribution in [0.5, 0.6) is 0 Å². The summed E-state index contributed by atoms with van der Waals surface area (Å²) < 4.78 is 5.07. The minimum absolute atomic E-state index is 0.000894. The van der Waals surface area contributed by atoms with Crippen molar-refractivity contribution in [2.24, 2.45) is 0 Å². The monoisotopic (exact) mass is 285 g/mol. The van der Waals surface area contributed by atoms with Crippen LogP contribution in [0, 0.1) is 0 Å². The number of methoxy groups -OCH3 is 1. The second-order valence-electron chi connectivity index (χ2n) is 3.79. The fraction of sp³-hybridized carbons (Fsp3) is 0.455. The lowest BCUT2D eigenvalue weighted by atomic mass is 10.4. The third-order valence-corrected chi connectivity index (χ3v) is 4.23. The molecule has 98 valence electrons. The summed E-state index contributed by atoms with van der Waals surface area (Å²) in [4.78, 5) is 11.6. The Labute approximate surface area is 114 Å². The van der Waals surface area contributed by atoms with Gasteiger partial charge in [0.2, 0.25) is 0 Å². The minimum atomic E-state index is 0.000894. The number of rotatable bonds is 6. The minimum Gasteiger partial charge on any atom is -0.391 e. The van der Waals surface area contributed by atoms with Crippen LogP contribution in [0.1, 0.15) is 16.3 Å². The third-order valence-electron chi connectivity index (χ3n) is 2.40. The zero-order valence-corrected chi connectivity index (χ0v) is 11.9. The average molecular weight is 285 g/mol. The molecule has 18 heavy (non-hydrogen) atoms. The number of anilines is 1. The molecule has 0 spiro atoms. The van der Waals surface area contributed by atoms with Crippen molar-refractivity contribution in [2.45, 2.75) is 19.8 Å². The van der Waals surface area contributed by atoms with Crippen LogP contribution >= 0.6 is 22.7 Å². The van der Waals surface area contributed by atoms with Crippen LogP contribution in [-0.4, -0.2) is 29.2 Å². The van der Waals surface area contributed by atoms with Crippen molar-refractivity contribution in [3.63, 3.8) is 0 Å². The Bertz CT molecular complexity index is 484. The average Bonchev–Trinajstić information content (AvgIpc) is 2.98. The molecule has 0 aliphatic rings. The summed E-state index contributed by atoms with van der Waals surface area (Å²) in [5.41, 5.74) is 3.65. The predicted octanol–water partition coefficient (Wildman–Crippen LogP) is 1.87. The third kappa shape index (κ3) is 3.05. The van der Waals surface area contributed by atoms with Crippen molar-refractivity contribution >= 4 is 27.8 Å². The molecule has 2 heterocycles. The van der Waals surface area contributed by atoms with Gasteiger partial charge in [0.25, 0.3) is 0 Å². The molecule has 0 radical (unpaired) electrons. The van der Waals surface area contributed by atoms with Crippen LogP contribution in [0.4, 0.5) is 5.13 Å². The fourth-order valence-electron chi connectivity index (χ4n) is 1.53. The van der Waals surface area contributed by atoms with Crippen LogP contribution in [0.2, 0.25) is 0 Å². The van der Waals surface area contributed by atoms with Gasteiger partial charge in [-0.05, 0) is 0 Å². The van der Waals surface area contributed by atoms with Crippen molar-refractivity contribution in [2.75, 3.05) is 19.1 Å². The predicted molar refractivity (Wildman–Crippen MR) is 73.0 cm³/mol. The Kier molecular flexibility index (Phi) is 4.65. The lowest BCUT2D eigenvalue weighted by molar-refractivity contribution is 0.179. The topological polar surface area (TPSA) is 58.5 Å². The largest absolute Gasteiger partial charge is 0.391 e. The normalized spacial score (nSPS) is 10.8. The van der Waals surface area contributed by atoms with Crippen molar-refractivity contribution in [1.82, 2.24) is 9.97 Å². The van der Waals surface area contributed by atoms with E-state index < -0.39 is 0 Å². The van der Waals surface area contributed by atoms with Crippen molar-refractivity contribution in [1.29, 1.82) is 0 Å². The van der Waals surface area contributed by atoms with Crippen LogP contribution < -0.4 is 4.90 Å². The zero-order valence-electron chi connectivity index (χ0n) is 10.3. The smallest absolute Gasteiger partial charge is 0.186 e. The lowest BCUT2D eigenvalue weighted by Crippen LogP contribution is -2.16. The lowest BCUT2D eigenvalue weighted by Gasteiger charge is -2.13. The standard InChI is InChI=1S/C11H15N3O2S2/c1-14(3-8-6-17-7-12-8)11-13-9(5-16-2)10(4-15)18-11/h6-7,15H,3-5H2,1-2H3. The van der Waals surface area contributed by atoms with Gasteiger partial charge in [-0.3, -0.25) is 0 Å². The van der Waals surface area contributed by atoms with E-state index in [9.17, 15) is 5.11 Å². The van der Waals surface area contributed by atoms with Gasteiger partial charge < -0.3 is 14.7 Å². The number of aliphatic hydroxyl groups excluding tert-OH is 1. The van der Waals surface area contributed by atoms with E-state index in [0.717, 1.165) is 21.4 Å². The first-order valence-corrected chi connectivity index (χ1v) is 7.17. The van der Waals surface area contributed by atoms with Crippen LogP contribution in [0.25, 0.3) is 0 Å². The number of aromatic nitrogens is 2. The number of hydrogen-bond acceptors (Lipinski definition) is 7. The number of hydrogen-bond donors (Lipinski definition) is 1. The summed E-state index contributed by atoms with van der Waals surface area (Å²) in [7, 11) is 3.59. The van der Waals surface area contributed by atoms with E-state index in [-0.39, 0.29) is 6.61 Å². The summed E-state index contributed by atoms with van der Waals surface area (Å²) in [6, 6.07) is 0. The summed E-state index contributed by atoms with van der Waals surface area (Å²) >= 11 is 3.07. The maximum absolute atomic E-state index is 9.28. The molecule has 0 aromatic carbocycles. The maximum atomic E-state index is 9.28. The van der Waals surface area contributed by atoms with Gasteiger partial charge in [-0.25, -0.2) is 9.97 Å². The fourth-order valence-corrected chi connectivity index (χ4v) is 2.97. The number of thiazole rings is 2. The summed E-state index contributed by atoms with van der Waals surface area (Å²) in [5, 5.41) is 12.2. The first-order chi connectivity index (χ1) is 8.74. The van der Waals surface area contributed by atoms with Crippen LogP contribution in [0.3, 0.4) is 0 Å². The molecule has 0 saturated carbocycles. The molecule has 0 aliphatic carbocycles. The second-order valence-corrected chi connectivity index (χ2v) is 5.57. The zero-order chi connectivity index (χ0) is 13.0. The van der Waals surface area contributed by atoms with E-state index in [4.69, 9.17) is 4.74 Å². The molecule has 2 aromatic heterocycles. The van der Waals surface area contributed by atoms with Gasteiger partial charge in [-0.15, -0.1) is 11.3 Å². The van der Waals surface area contributed by atoms with Crippen molar-refractivity contribution in [3.8, 4) is 0 Å². The van der Waals surface area contributed by atoms with Gasteiger partial charge in [0.15, 0.2) is 5.13 Å². The molecule has 2 rings (SSSR count). The van der Waals surface area contributed by atoms with E-state index >= 15 is 0 Å². The van der Waals surface area contributed by atoms with Crippen molar-refractivity contribution < 1.29 is 9.84 Å². The second kappa shape index (κ2) is 6.24. The van der Waals surface area contributed by atoms with Gasteiger partial charge in [0, 0.05) is 19.5 Å². The van der Waals surface area contributed by atoms with Gasteiger partial charge in [-0.2, -0.15) is 0 Å². The molecule has 0 atom stereocenters. The Morgan fingerprint density at radius 1 is 1.50 bits per heavy atom. The van der Waals surface area contributed by atoms with Crippen LogP contribution in [-0.2, 0) is 24.5 Å². The summed E-state index contributed by atoms with van der Waals surface area (Å²) in [6.07, 6.45) is 0. The molecule has 0 amide bonds. The molecule has 5 nitrogen and oxygen atoms in total. The van der Waals surface area contributed by atoms with E-state index in [2.05, 4.69) is 9.97 Å². The Balaban J connectivity index is 2.12. The first-order valence-electron chi connectivity index (χ1n) is 5.41. The van der Waals surface area contributed by atoms with Gasteiger partial charge in [-0.1, -0.05) is 11.3 Å². The Morgan fingerprint density at radius 3 is 2.94 bits per heavy atom. The van der Waals surface area contributed by atoms with Gasteiger partial charge >= 0.3 is 0 Å². The molecule has 0 unspecified atom stereocenters. The SMILES string of the molecule is COCc1nc(N(C)Cc2cscn2)sc1CO. The van der Waals surface area contributed by atoms with Crippen LogP contribution in [0.15, 0.2) is 10.9 Å². The highest BCUT2D eigenvalue weighted by Gasteiger charge is 2.14. The van der Waals surface area contributed by atoms with Gasteiger partial charge in [0.05, 0.1) is 41.5 Å². The van der Waals surface area contributed by atoms with E-state index in [1.54, 1.807) is 18.4 Å². The Morgan fingerprint density at radius 2 is 2.33 bits per heavy atom. The van der Waals surface area contributed by atoms with Gasteiger partial charge in [0.1, 0.15) is 0 Å². The molecule has 0 bridgehead atoms.